The van der Waals surface area contributed by atoms with Crippen molar-refractivity contribution in [1.29, 1.82) is 0 Å². The van der Waals surface area contributed by atoms with Crippen LogP contribution in [0, 0.1) is 0 Å². The monoisotopic (exact) mass is 257 g/mol. The third-order valence-electron chi connectivity index (χ3n) is 3.46. The van der Waals surface area contributed by atoms with E-state index >= 15 is 0 Å². The van der Waals surface area contributed by atoms with E-state index in [1.807, 2.05) is 6.07 Å². The van der Waals surface area contributed by atoms with Crippen molar-refractivity contribution < 1.29 is 0 Å². The Kier molecular flexibility index (Phi) is 5.16. The van der Waals surface area contributed by atoms with Gasteiger partial charge in [-0.15, -0.1) is 0 Å². The third kappa shape index (κ3) is 4.21. The highest BCUT2D eigenvalue weighted by Crippen LogP contribution is 2.15. The lowest BCUT2D eigenvalue weighted by atomic mass is 10.0. The number of hydrogen-bond donors (Lipinski definition) is 2. The van der Waals surface area contributed by atoms with Gasteiger partial charge in [-0.3, -0.25) is 5.10 Å². The van der Waals surface area contributed by atoms with Crippen molar-refractivity contribution in [3.63, 3.8) is 0 Å². The maximum atomic E-state index is 3.95. The summed E-state index contributed by atoms with van der Waals surface area (Å²) < 4.78 is 0. The molecule has 2 aromatic rings. The highest BCUT2D eigenvalue weighted by Gasteiger charge is 2.05. The highest BCUT2D eigenvalue weighted by atomic mass is 15.1. The van der Waals surface area contributed by atoms with Crippen molar-refractivity contribution in [2.75, 3.05) is 0 Å². The number of unbranched alkanes of at least 4 members (excludes halogenated alkanes) is 1. The van der Waals surface area contributed by atoms with Gasteiger partial charge in [-0.2, -0.15) is 5.10 Å². The molecule has 0 spiro atoms. The predicted octanol–water partition coefficient (Wildman–Crippen LogP) is 3.60. The number of aromatic amines is 1. The zero-order valence-corrected chi connectivity index (χ0v) is 11.8. The lowest BCUT2D eigenvalue weighted by Gasteiger charge is -2.14. The molecule has 0 aliphatic carbocycles. The van der Waals surface area contributed by atoms with Gasteiger partial charge in [0.2, 0.25) is 0 Å². The molecule has 1 aromatic carbocycles. The molecule has 3 nitrogen and oxygen atoms in total. The Morgan fingerprint density at radius 3 is 2.63 bits per heavy atom. The highest BCUT2D eigenvalue weighted by molar-refractivity contribution is 5.24. The van der Waals surface area contributed by atoms with E-state index in [0.29, 0.717) is 6.04 Å². The van der Waals surface area contributed by atoms with Crippen molar-refractivity contribution >= 4 is 0 Å². The quantitative estimate of drug-likeness (QED) is 0.795. The fourth-order valence-electron chi connectivity index (χ4n) is 2.12. The Hall–Kier alpha value is -1.61. The van der Waals surface area contributed by atoms with E-state index in [1.165, 1.54) is 30.4 Å². The molecular formula is C16H23N3. The Morgan fingerprint density at radius 1 is 1.21 bits per heavy atom. The van der Waals surface area contributed by atoms with E-state index in [-0.39, 0.29) is 0 Å². The second-order valence-electron chi connectivity index (χ2n) is 5.03. The number of nitrogens with zero attached hydrogens (tertiary/aromatic N) is 1. The lowest BCUT2D eigenvalue weighted by molar-refractivity contribution is 0.567. The van der Waals surface area contributed by atoms with Gasteiger partial charge in [0, 0.05) is 24.5 Å². The topological polar surface area (TPSA) is 40.7 Å². The van der Waals surface area contributed by atoms with Crippen molar-refractivity contribution in [2.45, 2.75) is 45.7 Å². The van der Waals surface area contributed by atoms with E-state index in [1.54, 1.807) is 6.20 Å². The van der Waals surface area contributed by atoms with Gasteiger partial charge in [0.1, 0.15) is 0 Å². The molecule has 19 heavy (non-hydrogen) atoms. The molecule has 0 saturated carbocycles. The van der Waals surface area contributed by atoms with Crippen molar-refractivity contribution in [3.05, 3.63) is 53.3 Å². The number of H-pyrrole nitrogens is 1. The third-order valence-corrected chi connectivity index (χ3v) is 3.46. The summed E-state index contributed by atoms with van der Waals surface area (Å²) in [4.78, 5) is 0. The maximum Gasteiger partial charge on any atom is 0.0490 e. The molecular weight excluding hydrogens is 234 g/mol. The van der Waals surface area contributed by atoms with Gasteiger partial charge in [-0.05, 0) is 37.0 Å². The summed E-state index contributed by atoms with van der Waals surface area (Å²) in [5.74, 6) is 0. The fourth-order valence-corrected chi connectivity index (χ4v) is 2.12. The zero-order valence-electron chi connectivity index (χ0n) is 11.8. The molecule has 0 aliphatic heterocycles. The molecule has 3 heteroatoms. The average molecular weight is 257 g/mol. The average Bonchev–Trinajstić information content (AvgIpc) is 2.96. The number of nitrogens with one attached hydrogen (secondary N) is 2. The van der Waals surface area contributed by atoms with Crippen molar-refractivity contribution in [1.82, 2.24) is 15.5 Å². The minimum absolute atomic E-state index is 0.350. The second-order valence-corrected chi connectivity index (χ2v) is 5.03. The van der Waals surface area contributed by atoms with E-state index < -0.39 is 0 Å². The van der Waals surface area contributed by atoms with Crippen molar-refractivity contribution in [2.24, 2.45) is 0 Å². The van der Waals surface area contributed by atoms with E-state index in [2.05, 4.69) is 53.6 Å². The van der Waals surface area contributed by atoms with Crippen LogP contribution in [0.4, 0.5) is 0 Å². The molecule has 0 fully saturated rings. The summed E-state index contributed by atoms with van der Waals surface area (Å²) in [6.07, 6.45) is 5.49. The van der Waals surface area contributed by atoms with E-state index in [4.69, 9.17) is 0 Å². The van der Waals surface area contributed by atoms with Crippen LogP contribution >= 0.6 is 0 Å². The molecule has 0 amide bonds. The minimum Gasteiger partial charge on any atom is -0.305 e. The Labute approximate surface area is 115 Å². The lowest BCUT2D eigenvalue weighted by Crippen LogP contribution is -2.18. The van der Waals surface area contributed by atoms with Crippen LogP contribution in [0.2, 0.25) is 0 Å². The van der Waals surface area contributed by atoms with Gasteiger partial charge in [-0.1, -0.05) is 37.6 Å². The Balaban J connectivity index is 1.86. The maximum absolute atomic E-state index is 3.95. The molecule has 0 saturated heterocycles. The first kappa shape index (κ1) is 13.8. The smallest absolute Gasteiger partial charge is 0.0490 e. The van der Waals surface area contributed by atoms with Crippen LogP contribution in [-0.4, -0.2) is 10.2 Å². The number of aryl methyl sites for hydroxylation is 1. The minimum atomic E-state index is 0.350. The van der Waals surface area contributed by atoms with Crippen LogP contribution < -0.4 is 5.32 Å². The van der Waals surface area contributed by atoms with Crippen LogP contribution in [0.1, 0.15) is 49.6 Å². The first-order valence-electron chi connectivity index (χ1n) is 7.10. The fraction of sp³-hybridized carbons (Fsp3) is 0.438. The molecule has 1 atom stereocenters. The summed E-state index contributed by atoms with van der Waals surface area (Å²) in [6.45, 7) is 5.24. The standard InChI is InChI=1S/C16H23N3/c1-3-4-5-14-6-8-15(9-7-14)13(2)17-12-16-10-11-18-19-16/h6-11,13,17H,3-5,12H2,1-2H3,(H,18,19). The number of aromatic nitrogens is 2. The summed E-state index contributed by atoms with van der Waals surface area (Å²) in [5, 5.41) is 10.4. The number of rotatable bonds is 7. The molecule has 0 radical (unpaired) electrons. The molecule has 2 N–H and O–H groups in total. The zero-order chi connectivity index (χ0) is 13.5. The van der Waals surface area contributed by atoms with Crippen LogP contribution in [0.25, 0.3) is 0 Å². The van der Waals surface area contributed by atoms with E-state index in [0.717, 1.165) is 12.2 Å². The molecule has 1 heterocycles. The van der Waals surface area contributed by atoms with Gasteiger partial charge in [0.25, 0.3) is 0 Å². The Bertz CT molecular complexity index is 459. The number of hydrogen-bond acceptors (Lipinski definition) is 2. The van der Waals surface area contributed by atoms with Gasteiger partial charge in [0.15, 0.2) is 0 Å². The first-order chi connectivity index (χ1) is 9.29. The van der Waals surface area contributed by atoms with Gasteiger partial charge < -0.3 is 5.32 Å². The number of benzene rings is 1. The summed E-state index contributed by atoms with van der Waals surface area (Å²) >= 11 is 0. The Morgan fingerprint density at radius 2 is 2.00 bits per heavy atom. The normalized spacial score (nSPS) is 12.5. The molecule has 102 valence electrons. The predicted molar refractivity (Wildman–Crippen MR) is 78.9 cm³/mol. The van der Waals surface area contributed by atoms with Crippen LogP contribution in [0.15, 0.2) is 36.5 Å². The SMILES string of the molecule is CCCCc1ccc(C(C)NCc2ccn[nH]2)cc1. The van der Waals surface area contributed by atoms with Crippen molar-refractivity contribution in [3.8, 4) is 0 Å². The van der Waals surface area contributed by atoms with Crippen LogP contribution in [0.5, 0.6) is 0 Å². The molecule has 2 rings (SSSR count). The molecule has 0 aliphatic rings. The van der Waals surface area contributed by atoms with Gasteiger partial charge >= 0.3 is 0 Å². The van der Waals surface area contributed by atoms with E-state index in [9.17, 15) is 0 Å². The molecule has 0 bridgehead atoms. The summed E-state index contributed by atoms with van der Waals surface area (Å²) in [6, 6.07) is 11.3. The van der Waals surface area contributed by atoms with Crippen LogP contribution in [0.3, 0.4) is 0 Å². The molecule has 1 unspecified atom stereocenters. The summed E-state index contributed by atoms with van der Waals surface area (Å²) in [5.41, 5.74) is 3.89. The molecule has 1 aromatic heterocycles. The first-order valence-corrected chi connectivity index (χ1v) is 7.10. The second kappa shape index (κ2) is 7.10. The summed E-state index contributed by atoms with van der Waals surface area (Å²) in [7, 11) is 0. The largest absolute Gasteiger partial charge is 0.305 e. The van der Waals surface area contributed by atoms with Crippen LogP contribution in [-0.2, 0) is 13.0 Å². The van der Waals surface area contributed by atoms with Gasteiger partial charge in [-0.25, -0.2) is 0 Å². The van der Waals surface area contributed by atoms with Gasteiger partial charge in [0.05, 0.1) is 0 Å².